The fourth-order valence-electron chi connectivity index (χ4n) is 4.99. The fourth-order valence-corrected chi connectivity index (χ4v) is 4.99. The van der Waals surface area contributed by atoms with E-state index in [2.05, 4.69) is 35.5 Å². The van der Waals surface area contributed by atoms with Gasteiger partial charge in [0, 0.05) is 19.3 Å². The van der Waals surface area contributed by atoms with Crippen LogP contribution >= 0.6 is 0 Å². The average molecular weight is 585 g/mol. The van der Waals surface area contributed by atoms with Gasteiger partial charge in [-0.05, 0) is 54.5 Å². The van der Waals surface area contributed by atoms with Crippen molar-refractivity contribution < 1.29 is 40.9 Å². The minimum atomic E-state index is -3.08. The maximum atomic E-state index is 13.2. The van der Waals surface area contributed by atoms with Gasteiger partial charge in [-0.25, -0.2) is 31.6 Å². The zero-order chi connectivity index (χ0) is 29.3. The predicted octanol–water partition coefficient (Wildman–Crippen LogP) is 4.35. The van der Waals surface area contributed by atoms with E-state index in [0.717, 1.165) is 18.4 Å². The van der Waals surface area contributed by atoms with Gasteiger partial charge in [-0.2, -0.15) is 0 Å². The number of fused-ring (bicyclic) bond motifs is 1. The number of benzene rings is 1. The van der Waals surface area contributed by atoms with Crippen LogP contribution in [-0.2, 0) is 9.53 Å². The van der Waals surface area contributed by atoms with E-state index in [0.29, 0.717) is 11.0 Å². The minimum absolute atomic E-state index is 0.0373. The van der Waals surface area contributed by atoms with Crippen molar-refractivity contribution in [1.29, 1.82) is 0 Å². The highest BCUT2D eigenvalue weighted by Gasteiger charge is 2.46. The molecule has 0 bridgehead atoms. The Morgan fingerprint density at radius 3 is 2.56 bits per heavy atom. The number of carbonyl (C=O) groups is 2. The summed E-state index contributed by atoms with van der Waals surface area (Å²) < 4.78 is 75.2. The molecule has 1 aromatic carbocycles. The van der Waals surface area contributed by atoms with E-state index < -0.39 is 43.7 Å². The van der Waals surface area contributed by atoms with Crippen LogP contribution in [0.3, 0.4) is 0 Å². The molecular weight excluding hydrogens is 555 g/mol. The first-order chi connectivity index (χ1) is 19.5. The summed E-state index contributed by atoms with van der Waals surface area (Å²) in [7, 11) is 0. The van der Waals surface area contributed by atoms with E-state index in [4.69, 9.17) is 4.74 Å². The van der Waals surface area contributed by atoms with E-state index in [-0.39, 0.29) is 60.3 Å². The lowest BCUT2D eigenvalue weighted by Gasteiger charge is -2.34. The Morgan fingerprint density at radius 2 is 1.95 bits per heavy atom. The summed E-state index contributed by atoms with van der Waals surface area (Å²) in [5, 5.41) is 12.7. The number of hydrogen-bond acceptors (Lipinski definition) is 7. The summed E-state index contributed by atoms with van der Waals surface area (Å²) in [6.07, 6.45) is -3.79. The molecule has 2 heterocycles. The SMILES string of the molecule is Cc1nonc1C(=O)N[C@@H](COC(CF)C(F)F)c1nc2ccc([C@H](NC(=O)CC3CC(F)(F)C3)C3CC3)cc2[nH]1. The third-order valence-electron chi connectivity index (χ3n) is 7.36. The number of halogens is 5. The Balaban J connectivity index is 1.34. The molecule has 0 radical (unpaired) electrons. The zero-order valence-corrected chi connectivity index (χ0v) is 22.0. The highest BCUT2D eigenvalue weighted by molar-refractivity contribution is 5.93. The second-order valence-corrected chi connectivity index (χ2v) is 10.7. The zero-order valence-electron chi connectivity index (χ0n) is 22.0. The van der Waals surface area contributed by atoms with Gasteiger partial charge >= 0.3 is 0 Å². The Hall–Kier alpha value is -3.62. The Kier molecular flexibility index (Phi) is 8.25. The number of aromatic amines is 1. The van der Waals surface area contributed by atoms with Crippen molar-refractivity contribution in [3.05, 3.63) is 41.0 Å². The van der Waals surface area contributed by atoms with Crippen LogP contribution < -0.4 is 10.6 Å². The number of nitrogens with zero attached hydrogens (tertiary/aromatic N) is 3. The maximum Gasteiger partial charge on any atom is 0.276 e. The van der Waals surface area contributed by atoms with E-state index in [1.165, 1.54) is 6.92 Å². The highest BCUT2D eigenvalue weighted by Crippen LogP contribution is 2.45. The van der Waals surface area contributed by atoms with Crippen LogP contribution in [0.5, 0.6) is 0 Å². The van der Waals surface area contributed by atoms with Crippen LogP contribution in [0.4, 0.5) is 22.0 Å². The second kappa shape index (κ2) is 11.7. The lowest BCUT2D eigenvalue weighted by atomic mass is 9.79. The molecule has 2 aromatic heterocycles. The number of hydrogen-bond donors (Lipinski definition) is 3. The van der Waals surface area contributed by atoms with E-state index >= 15 is 0 Å². The number of ether oxygens (including phenoxy) is 1. The van der Waals surface area contributed by atoms with Crippen LogP contribution in [0.1, 0.15) is 71.8 Å². The first-order valence-corrected chi connectivity index (χ1v) is 13.3. The first kappa shape index (κ1) is 28.9. The predicted molar refractivity (Wildman–Crippen MR) is 133 cm³/mol. The van der Waals surface area contributed by atoms with Gasteiger partial charge < -0.3 is 20.4 Å². The third-order valence-corrected chi connectivity index (χ3v) is 7.36. The number of aryl methyl sites for hydroxylation is 1. The molecule has 222 valence electrons. The molecule has 2 saturated carbocycles. The molecule has 41 heavy (non-hydrogen) atoms. The molecule has 2 aliphatic carbocycles. The summed E-state index contributed by atoms with van der Waals surface area (Å²) in [5.41, 5.74) is 1.86. The minimum Gasteiger partial charge on any atom is -0.367 e. The number of amides is 2. The van der Waals surface area contributed by atoms with E-state index in [1.807, 2.05) is 0 Å². The van der Waals surface area contributed by atoms with Crippen molar-refractivity contribution >= 4 is 22.8 Å². The van der Waals surface area contributed by atoms with Crippen LogP contribution in [-0.4, -0.2) is 63.8 Å². The summed E-state index contributed by atoms with van der Waals surface area (Å²) in [4.78, 5) is 32.9. The van der Waals surface area contributed by atoms with Crippen LogP contribution in [0, 0.1) is 18.8 Å². The number of nitrogens with one attached hydrogen (secondary N) is 3. The standard InChI is InChI=1S/C26H29F5N6O4/c1-12-21(37-41-36-12)25(39)34-18(11-40-19(10-27)23(28)29)24-32-16-5-4-15(7-17(16)33-24)22(14-2-3-14)35-20(38)6-13-8-26(30,31)9-13/h4-5,7,13-14,18-19,22-23H,2-3,6,8-11H2,1H3,(H,32,33)(H,34,39)(H,35,38)/t18-,19?,22+/m0/s1. The van der Waals surface area contributed by atoms with Gasteiger partial charge in [0.25, 0.3) is 12.3 Å². The molecule has 2 fully saturated rings. The summed E-state index contributed by atoms with van der Waals surface area (Å²) >= 11 is 0. The van der Waals surface area contributed by atoms with Gasteiger partial charge in [0.05, 0.1) is 23.7 Å². The van der Waals surface area contributed by atoms with Gasteiger partial charge in [-0.15, -0.1) is 0 Å². The van der Waals surface area contributed by atoms with Crippen molar-refractivity contribution in [2.75, 3.05) is 13.3 Å². The molecule has 3 N–H and O–H groups in total. The molecule has 0 saturated heterocycles. The summed E-state index contributed by atoms with van der Waals surface area (Å²) in [6.45, 7) is -0.458. The molecule has 0 spiro atoms. The summed E-state index contributed by atoms with van der Waals surface area (Å²) in [6, 6.07) is 3.85. The Bertz CT molecular complexity index is 1390. The van der Waals surface area contributed by atoms with Gasteiger partial charge in [0.15, 0.2) is 5.69 Å². The number of imidazole rings is 1. The van der Waals surface area contributed by atoms with Gasteiger partial charge in [0.2, 0.25) is 11.8 Å². The number of rotatable bonds is 13. The lowest BCUT2D eigenvalue weighted by Crippen LogP contribution is -2.39. The van der Waals surface area contributed by atoms with Crippen LogP contribution in [0.2, 0.25) is 0 Å². The Labute approximate surface area is 230 Å². The molecular formula is C26H29F5N6O4. The monoisotopic (exact) mass is 584 g/mol. The molecule has 5 rings (SSSR count). The molecule has 3 atom stereocenters. The molecule has 1 unspecified atom stereocenters. The molecule has 0 aliphatic heterocycles. The maximum absolute atomic E-state index is 13.2. The van der Waals surface area contributed by atoms with Gasteiger partial charge in [0.1, 0.15) is 30.3 Å². The van der Waals surface area contributed by atoms with Crippen LogP contribution in [0.25, 0.3) is 11.0 Å². The van der Waals surface area contributed by atoms with Crippen molar-refractivity contribution in [3.63, 3.8) is 0 Å². The number of alkyl halides is 5. The molecule has 3 aromatic rings. The number of carbonyl (C=O) groups excluding carboxylic acids is 2. The average Bonchev–Trinajstić information content (AvgIpc) is 3.50. The largest absolute Gasteiger partial charge is 0.367 e. The van der Waals surface area contributed by atoms with E-state index in [1.54, 1.807) is 18.2 Å². The smallest absolute Gasteiger partial charge is 0.276 e. The van der Waals surface area contributed by atoms with Gasteiger partial charge in [-0.1, -0.05) is 11.2 Å². The number of aromatic nitrogens is 4. The fraction of sp³-hybridized carbons (Fsp3) is 0.577. The van der Waals surface area contributed by atoms with Gasteiger partial charge in [-0.3, -0.25) is 9.59 Å². The quantitative estimate of drug-likeness (QED) is 0.254. The van der Waals surface area contributed by atoms with Crippen molar-refractivity contribution in [3.8, 4) is 0 Å². The summed E-state index contributed by atoms with van der Waals surface area (Å²) in [5.74, 6) is -3.68. The topological polar surface area (TPSA) is 135 Å². The van der Waals surface area contributed by atoms with Crippen LogP contribution in [0.15, 0.2) is 22.8 Å². The lowest BCUT2D eigenvalue weighted by molar-refractivity contribution is -0.134. The van der Waals surface area contributed by atoms with E-state index in [9.17, 15) is 31.5 Å². The van der Waals surface area contributed by atoms with Crippen molar-refractivity contribution in [1.82, 2.24) is 30.9 Å². The Morgan fingerprint density at radius 1 is 1.20 bits per heavy atom. The van der Waals surface area contributed by atoms with Crippen molar-refractivity contribution in [2.24, 2.45) is 11.8 Å². The highest BCUT2D eigenvalue weighted by atomic mass is 19.3. The number of H-pyrrole nitrogens is 1. The molecule has 10 nitrogen and oxygen atoms in total. The molecule has 15 heteroatoms. The normalized spacial score (nSPS) is 19.1. The first-order valence-electron chi connectivity index (χ1n) is 13.3. The molecule has 2 amide bonds. The molecule has 2 aliphatic rings. The third kappa shape index (κ3) is 6.82. The van der Waals surface area contributed by atoms with Crippen molar-refractivity contribution in [2.45, 2.75) is 69.6 Å². The second-order valence-electron chi connectivity index (χ2n) is 10.7.